The number of unbranched alkanes of at least 4 members (excludes halogenated alkanes) is 1. The van der Waals surface area contributed by atoms with Crippen LogP contribution in [-0.4, -0.2) is 65.9 Å². The van der Waals surface area contributed by atoms with Crippen molar-refractivity contribution in [2.45, 2.75) is 161 Å². The second-order valence-electron chi connectivity index (χ2n) is 13.2. The fraction of sp³-hybridized carbons (Fsp3) is 0.865. The molecule has 0 aromatic rings. The Bertz CT molecular complexity index is 608. The number of rotatable bonds is 15. The summed E-state index contributed by atoms with van der Waals surface area (Å²) in [5, 5.41) is 25.3. The molecule has 2 aliphatic rings. The zero-order valence-corrected chi connectivity index (χ0v) is 30.4. The molecule has 1 unspecified atom stereocenters. The molecular weight excluding hydrogens is 552 g/mol. The highest BCUT2D eigenvalue weighted by Gasteiger charge is 2.25. The van der Waals surface area contributed by atoms with Crippen molar-refractivity contribution in [2.75, 3.05) is 26.0 Å². The first kappa shape index (κ1) is 46.6. The van der Waals surface area contributed by atoms with Crippen molar-refractivity contribution >= 4 is 18.6 Å². The van der Waals surface area contributed by atoms with E-state index < -0.39 is 0 Å². The number of aliphatic hydroxyl groups excluding tert-OH is 2. The normalized spacial score (nSPS) is 18.2. The van der Waals surface area contributed by atoms with E-state index in [1.54, 1.807) is 0 Å². The number of thioether (sulfide) groups is 1. The van der Waals surface area contributed by atoms with Crippen LogP contribution < -0.4 is 10.6 Å². The van der Waals surface area contributed by atoms with Crippen LogP contribution in [0.15, 0.2) is 13.2 Å². The van der Waals surface area contributed by atoms with E-state index in [0.29, 0.717) is 10.7 Å². The molecule has 4 N–H and O–H groups in total. The Balaban J connectivity index is -0.00000103. The Morgan fingerprint density at radius 3 is 1.93 bits per heavy atom. The van der Waals surface area contributed by atoms with Crippen LogP contribution in [0, 0.1) is 30.1 Å². The highest BCUT2D eigenvalue weighted by atomic mass is 32.2. The largest absolute Gasteiger partial charge is 0.400 e. The first-order chi connectivity index (χ1) is 20.6. The standard InChI is InChI=1S/C26H50N2OS.C7H14.C2H4.CH4O.CH2O/c1-7-9-16-25(29)24(17-22-14-11-10-12-15-22)28-19-23(13-8-2)27-18-21(3)20-30-26(4,5)6;1-7-5-3-2-4-6-7;3*1-2/h2,21-25,27-29H,7,9-20H2,1,3-6H3;7H,2-6H2,1H3;1-2H2;2H,1H3;1H2/t21-,23-,24-,25?;;;;/m0..../s1. The number of hydrogen-bond donors (Lipinski definition) is 4. The van der Waals surface area contributed by atoms with E-state index >= 15 is 0 Å². The number of nitrogens with one attached hydrogen (secondary N) is 2. The number of hydrogen-bond acceptors (Lipinski definition) is 6. The molecule has 6 heteroatoms. The summed E-state index contributed by atoms with van der Waals surface area (Å²) >= 11 is 2.03. The molecule has 4 atom stereocenters. The highest BCUT2D eigenvalue weighted by Crippen LogP contribution is 2.29. The van der Waals surface area contributed by atoms with Crippen LogP contribution in [0.1, 0.15) is 138 Å². The quantitative estimate of drug-likeness (QED) is 0.108. The first-order valence-corrected chi connectivity index (χ1v) is 18.1. The Morgan fingerprint density at radius 1 is 0.953 bits per heavy atom. The van der Waals surface area contributed by atoms with Gasteiger partial charge >= 0.3 is 0 Å². The molecule has 0 bridgehead atoms. The van der Waals surface area contributed by atoms with E-state index in [2.05, 4.69) is 71.3 Å². The van der Waals surface area contributed by atoms with Crippen molar-refractivity contribution in [1.29, 1.82) is 0 Å². The van der Waals surface area contributed by atoms with Crippen LogP contribution in [0.2, 0.25) is 0 Å². The van der Waals surface area contributed by atoms with Gasteiger partial charge in [-0.2, -0.15) is 11.8 Å². The molecule has 0 radical (unpaired) electrons. The van der Waals surface area contributed by atoms with E-state index in [1.807, 2.05) is 18.6 Å². The monoisotopic (exact) mass is 627 g/mol. The summed E-state index contributed by atoms with van der Waals surface area (Å²) in [6, 6.07) is 0.458. The number of carbonyl (C=O) groups is 1. The zero-order valence-electron chi connectivity index (χ0n) is 29.6. The topological polar surface area (TPSA) is 81.6 Å². The Kier molecular flexibility index (Phi) is 35.3. The summed E-state index contributed by atoms with van der Waals surface area (Å²) < 4.78 is 0.314. The molecule has 0 amide bonds. The summed E-state index contributed by atoms with van der Waals surface area (Å²) in [6.45, 7) is 23.5. The van der Waals surface area contributed by atoms with Crippen LogP contribution in [0.25, 0.3) is 0 Å². The molecule has 0 aromatic heterocycles. The SMILES string of the molecule is C#CC[C@@H](CN[C@@H](CC1CCCCC1)C(O)CCCC)NC[C@H](C)CSC(C)(C)C.C=C.C=O.CC1CCCCC1.CO. The Morgan fingerprint density at radius 2 is 1.49 bits per heavy atom. The second kappa shape index (κ2) is 32.6. The molecule has 5 nitrogen and oxygen atoms in total. The smallest absolute Gasteiger partial charge is 0.106 e. The van der Waals surface area contributed by atoms with Gasteiger partial charge in [0.15, 0.2) is 0 Å². The minimum Gasteiger partial charge on any atom is -0.400 e. The van der Waals surface area contributed by atoms with Crippen LogP contribution >= 0.6 is 11.8 Å². The van der Waals surface area contributed by atoms with Gasteiger partial charge in [0.25, 0.3) is 0 Å². The lowest BCUT2D eigenvalue weighted by molar-refractivity contribution is -0.0980. The fourth-order valence-corrected chi connectivity index (χ4v) is 6.45. The molecule has 256 valence electrons. The zero-order chi connectivity index (χ0) is 33.5. The van der Waals surface area contributed by atoms with Gasteiger partial charge in [-0.1, -0.05) is 119 Å². The summed E-state index contributed by atoms with van der Waals surface area (Å²) in [4.78, 5) is 8.00. The minimum absolute atomic E-state index is 0.190. The summed E-state index contributed by atoms with van der Waals surface area (Å²) in [7, 11) is 1.00. The minimum atomic E-state index is -0.250. The molecule has 0 aromatic carbocycles. The lowest BCUT2D eigenvalue weighted by Gasteiger charge is -2.32. The lowest BCUT2D eigenvalue weighted by atomic mass is 9.83. The van der Waals surface area contributed by atoms with Crippen LogP contribution in [0.3, 0.4) is 0 Å². The maximum Gasteiger partial charge on any atom is 0.106 e. The molecule has 0 saturated heterocycles. The third-order valence-corrected chi connectivity index (χ3v) is 9.67. The maximum atomic E-state index is 10.9. The molecule has 43 heavy (non-hydrogen) atoms. The van der Waals surface area contributed by atoms with Gasteiger partial charge in [0.2, 0.25) is 0 Å². The second-order valence-corrected chi connectivity index (χ2v) is 15.1. The van der Waals surface area contributed by atoms with Gasteiger partial charge in [-0.3, -0.25) is 0 Å². The van der Waals surface area contributed by atoms with E-state index in [-0.39, 0.29) is 18.2 Å². The van der Waals surface area contributed by atoms with Gasteiger partial charge in [-0.05, 0) is 42.9 Å². The van der Waals surface area contributed by atoms with Gasteiger partial charge in [-0.25, -0.2) is 0 Å². The fourth-order valence-electron chi connectivity index (χ4n) is 5.55. The molecule has 2 fully saturated rings. The first-order valence-electron chi connectivity index (χ1n) is 17.1. The van der Waals surface area contributed by atoms with Crippen molar-refractivity contribution in [1.82, 2.24) is 10.6 Å². The molecular formula is C37H74N2O3S. The van der Waals surface area contributed by atoms with Crippen molar-refractivity contribution in [2.24, 2.45) is 17.8 Å². The Labute approximate surface area is 273 Å². The molecule has 2 rings (SSSR count). The Hall–Kier alpha value is -0.840. The molecule has 0 aliphatic heterocycles. The highest BCUT2D eigenvalue weighted by molar-refractivity contribution is 8.00. The molecule has 2 saturated carbocycles. The maximum absolute atomic E-state index is 10.9. The lowest BCUT2D eigenvalue weighted by Crippen LogP contribution is -2.48. The third-order valence-electron chi connectivity index (χ3n) is 8.07. The van der Waals surface area contributed by atoms with Gasteiger partial charge in [0, 0.05) is 36.9 Å². The van der Waals surface area contributed by atoms with Crippen molar-refractivity contribution in [3.8, 4) is 12.3 Å². The van der Waals surface area contributed by atoms with Gasteiger partial charge in [-0.15, -0.1) is 25.5 Å². The van der Waals surface area contributed by atoms with Crippen LogP contribution in [-0.2, 0) is 4.79 Å². The molecule has 0 spiro atoms. The predicted molar refractivity (Wildman–Crippen MR) is 194 cm³/mol. The summed E-state index contributed by atoms with van der Waals surface area (Å²) in [6.07, 6.45) is 24.6. The van der Waals surface area contributed by atoms with Crippen molar-refractivity contribution < 1.29 is 15.0 Å². The van der Waals surface area contributed by atoms with E-state index in [0.717, 1.165) is 69.9 Å². The van der Waals surface area contributed by atoms with Crippen molar-refractivity contribution in [3.63, 3.8) is 0 Å². The average molecular weight is 627 g/mol. The third kappa shape index (κ3) is 29.6. The number of carbonyl (C=O) groups excluding carboxylic acids is 1. The average Bonchev–Trinajstić information content (AvgIpc) is 3.03. The van der Waals surface area contributed by atoms with E-state index in [4.69, 9.17) is 16.3 Å². The van der Waals surface area contributed by atoms with Gasteiger partial charge in [0.1, 0.15) is 6.79 Å². The molecule has 2 aliphatic carbocycles. The van der Waals surface area contributed by atoms with Crippen LogP contribution in [0.5, 0.6) is 0 Å². The van der Waals surface area contributed by atoms with E-state index in [9.17, 15) is 5.11 Å². The van der Waals surface area contributed by atoms with Crippen LogP contribution in [0.4, 0.5) is 0 Å². The van der Waals surface area contributed by atoms with Crippen molar-refractivity contribution in [3.05, 3.63) is 13.2 Å². The van der Waals surface area contributed by atoms with Gasteiger partial charge < -0.3 is 25.6 Å². The van der Waals surface area contributed by atoms with E-state index in [1.165, 1.54) is 64.2 Å². The number of terminal acetylenes is 1. The summed E-state index contributed by atoms with van der Waals surface area (Å²) in [5.74, 6) is 6.42. The van der Waals surface area contributed by atoms with Gasteiger partial charge in [0.05, 0.1) is 6.10 Å². The number of aliphatic hydroxyl groups is 2. The molecule has 0 heterocycles. The predicted octanol–water partition coefficient (Wildman–Crippen LogP) is 8.43. The summed E-state index contributed by atoms with van der Waals surface area (Å²) in [5.41, 5.74) is 0.